The lowest BCUT2D eigenvalue weighted by molar-refractivity contribution is 0.311. The van der Waals surface area contributed by atoms with Crippen LogP contribution in [0.2, 0.25) is 0 Å². The van der Waals surface area contributed by atoms with Crippen LogP contribution in [0, 0.1) is 3.57 Å². The Kier molecular flexibility index (Phi) is 3.95. The molecule has 0 unspecified atom stereocenters. The number of nitrogen functional groups attached to an aromatic ring is 1. The molecule has 0 fully saturated rings. The first-order chi connectivity index (χ1) is 8.67. The van der Waals surface area contributed by atoms with Crippen LogP contribution in [0.3, 0.4) is 0 Å². The molecule has 6 heteroatoms. The Morgan fingerprint density at radius 2 is 2.17 bits per heavy atom. The van der Waals surface area contributed by atoms with E-state index in [-0.39, 0.29) is 0 Å². The largest absolute Gasteiger partial charge is 0.493 e. The van der Waals surface area contributed by atoms with Gasteiger partial charge in [0, 0.05) is 5.56 Å². The van der Waals surface area contributed by atoms with E-state index in [1.165, 1.54) is 0 Å². The zero-order valence-electron chi connectivity index (χ0n) is 10.2. The highest BCUT2D eigenvalue weighted by molar-refractivity contribution is 14.1. The maximum Gasteiger partial charge on any atom is 0.161 e. The number of nitrogens with one attached hydrogen (secondary N) is 1. The number of nitrogens with two attached hydrogens (primary N) is 1. The number of ether oxygens (including phenoxy) is 2. The van der Waals surface area contributed by atoms with E-state index in [9.17, 15) is 0 Å². The Hall–Kier alpha value is -1.44. The smallest absolute Gasteiger partial charge is 0.161 e. The van der Waals surface area contributed by atoms with Crippen LogP contribution < -0.4 is 15.2 Å². The van der Waals surface area contributed by atoms with Crippen molar-refractivity contribution >= 4 is 28.4 Å². The predicted molar refractivity (Wildman–Crippen MR) is 78.9 cm³/mol. The number of hydrogen-bond acceptors (Lipinski definition) is 4. The third-order valence-corrected chi connectivity index (χ3v) is 3.58. The van der Waals surface area contributed by atoms with Crippen LogP contribution in [-0.2, 0) is 0 Å². The van der Waals surface area contributed by atoms with Crippen molar-refractivity contribution in [3.63, 3.8) is 0 Å². The maximum atomic E-state index is 5.72. The van der Waals surface area contributed by atoms with Crippen LogP contribution in [0.5, 0.6) is 11.5 Å². The first-order valence-electron chi connectivity index (χ1n) is 5.48. The molecule has 1 heterocycles. The molecule has 0 amide bonds. The summed E-state index contributed by atoms with van der Waals surface area (Å²) >= 11 is 2.16. The van der Waals surface area contributed by atoms with Crippen molar-refractivity contribution in [1.29, 1.82) is 0 Å². The summed E-state index contributed by atoms with van der Waals surface area (Å²) in [5, 5.41) is 6.89. The normalized spacial score (nSPS) is 10.4. The van der Waals surface area contributed by atoms with Gasteiger partial charge >= 0.3 is 0 Å². The molecular formula is C12H14IN3O2. The number of anilines is 1. The van der Waals surface area contributed by atoms with Gasteiger partial charge in [-0.05, 0) is 47.7 Å². The summed E-state index contributed by atoms with van der Waals surface area (Å²) in [7, 11) is 1.62. The van der Waals surface area contributed by atoms with Gasteiger partial charge in [-0.25, -0.2) is 0 Å². The van der Waals surface area contributed by atoms with Gasteiger partial charge in [-0.15, -0.1) is 0 Å². The third kappa shape index (κ3) is 2.38. The molecule has 0 saturated carbocycles. The van der Waals surface area contributed by atoms with Gasteiger partial charge in [0.05, 0.1) is 23.0 Å². The van der Waals surface area contributed by atoms with Crippen molar-refractivity contribution in [2.75, 3.05) is 19.5 Å². The molecular weight excluding hydrogens is 345 g/mol. The monoisotopic (exact) mass is 359 g/mol. The van der Waals surface area contributed by atoms with Crippen LogP contribution >= 0.6 is 22.6 Å². The van der Waals surface area contributed by atoms with E-state index < -0.39 is 0 Å². The third-order valence-electron chi connectivity index (χ3n) is 2.48. The molecule has 0 aliphatic heterocycles. The quantitative estimate of drug-likeness (QED) is 0.824. The summed E-state index contributed by atoms with van der Waals surface area (Å²) in [5.74, 6) is 1.92. The van der Waals surface area contributed by atoms with Gasteiger partial charge in [-0.2, -0.15) is 5.10 Å². The van der Waals surface area contributed by atoms with Gasteiger partial charge in [0.15, 0.2) is 17.3 Å². The average Bonchev–Trinajstić information content (AvgIpc) is 2.71. The highest BCUT2D eigenvalue weighted by atomic mass is 127. The zero-order valence-corrected chi connectivity index (χ0v) is 12.3. The van der Waals surface area contributed by atoms with E-state index in [4.69, 9.17) is 15.2 Å². The fraction of sp³-hybridized carbons (Fsp3) is 0.250. The molecule has 1 aromatic heterocycles. The van der Waals surface area contributed by atoms with E-state index in [0.29, 0.717) is 18.2 Å². The minimum Gasteiger partial charge on any atom is -0.493 e. The molecule has 5 nitrogen and oxygen atoms in total. The summed E-state index contributed by atoms with van der Waals surface area (Å²) in [5.41, 5.74) is 7.57. The molecule has 2 rings (SSSR count). The SMILES string of the molecule is CCOc1ccc(-c2[nH]nc(N)c2I)cc1OC. The van der Waals surface area contributed by atoms with E-state index in [0.717, 1.165) is 20.6 Å². The molecule has 0 bridgehead atoms. The van der Waals surface area contributed by atoms with Gasteiger partial charge in [-0.1, -0.05) is 0 Å². The van der Waals surface area contributed by atoms with E-state index >= 15 is 0 Å². The number of hydrogen-bond donors (Lipinski definition) is 2. The molecule has 0 saturated heterocycles. The van der Waals surface area contributed by atoms with Crippen LogP contribution in [0.4, 0.5) is 5.82 Å². The van der Waals surface area contributed by atoms with E-state index in [1.807, 2.05) is 25.1 Å². The average molecular weight is 359 g/mol. The van der Waals surface area contributed by atoms with Crippen molar-refractivity contribution in [1.82, 2.24) is 10.2 Å². The number of methoxy groups -OCH3 is 1. The fourth-order valence-electron chi connectivity index (χ4n) is 1.63. The van der Waals surface area contributed by atoms with Gasteiger partial charge in [0.1, 0.15) is 0 Å². The van der Waals surface area contributed by atoms with Crippen LogP contribution in [0.15, 0.2) is 18.2 Å². The Bertz CT molecular complexity index is 554. The second-order valence-corrected chi connectivity index (χ2v) is 4.68. The van der Waals surface area contributed by atoms with Crippen molar-refractivity contribution in [3.05, 3.63) is 21.8 Å². The molecule has 18 heavy (non-hydrogen) atoms. The van der Waals surface area contributed by atoms with E-state index in [1.54, 1.807) is 7.11 Å². The summed E-state index contributed by atoms with van der Waals surface area (Å²) in [4.78, 5) is 0. The van der Waals surface area contributed by atoms with Crippen LogP contribution in [0.1, 0.15) is 6.92 Å². The van der Waals surface area contributed by atoms with Gasteiger partial charge < -0.3 is 15.2 Å². The topological polar surface area (TPSA) is 73.2 Å². The fourth-order valence-corrected chi connectivity index (χ4v) is 2.18. The molecule has 0 radical (unpaired) electrons. The molecule has 0 atom stereocenters. The Morgan fingerprint density at radius 3 is 2.72 bits per heavy atom. The highest BCUT2D eigenvalue weighted by Crippen LogP contribution is 2.34. The van der Waals surface area contributed by atoms with Gasteiger partial charge in [-0.3, -0.25) is 5.10 Å². The van der Waals surface area contributed by atoms with Crippen LogP contribution in [0.25, 0.3) is 11.3 Å². The molecule has 0 aliphatic carbocycles. The van der Waals surface area contributed by atoms with Crippen molar-refractivity contribution in [2.45, 2.75) is 6.92 Å². The van der Waals surface area contributed by atoms with Crippen molar-refractivity contribution in [2.24, 2.45) is 0 Å². The zero-order chi connectivity index (χ0) is 13.1. The van der Waals surface area contributed by atoms with Crippen LogP contribution in [-0.4, -0.2) is 23.9 Å². The molecule has 3 N–H and O–H groups in total. The number of H-pyrrole nitrogens is 1. The first-order valence-corrected chi connectivity index (χ1v) is 6.55. The summed E-state index contributed by atoms with van der Waals surface area (Å²) in [6, 6.07) is 5.73. The summed E-state index contributed by atoms with van der Waals surface area (Å²) in [6.07, 6.45) is 0. The van der Waals surface area contributed by atoms with Crippen molar-refractivity contribution in [3.8, 4) is 22.8 Å². The number of nitrogens with zero attached hydrogens (tertiary/aromatic N) is 1. The second-order valence-electron chi connectivity index (χ2n) is 3.60. The Balaban J connectivity index is 2.44. The number of aromatic nitrogens is 2. The summed E-state index contributed by atoms with van der Waals surface area (Å²) in [6.45, 7) is 2.54. The number of aromatic amines is 1. The lowest BCUT2D eigenvalue weighted by Crippen LogP contribution is -1.95. The maximum absolute atomic E-state index is 5.72. The Morgan fingerprint density at radius 1 is 1.39 bits per heavy atom. The molecule has 2 aromatic rings. The standard InChI is InChI=1S/C12H14IN3O2/c1-3-18-8-5-4-7(6-9(8)17-2)11-10(13)12(14)16-15-11/h4-6H,3H2,1-2H3,(H3,14,15,16). The van der Waals surface area contributed by atoms with Gasteiger partial charge in [0.2, 0.25) is 0 Å². The highest BCUT2D eigenvalue weighted by Gasteiger charge is 2.12. The molecule has 0 spiro atoms. The number of benzene rings is 1. The number of halogens is 1. The van der Waals surface area contributed by atoms with Crippen molar-refractivity contribution < 1.29 is 9.47 Å². The molecule has 96 valence electrons. The van der Waals surface area contributed by atoms with E-state index in [2.05, 4.69) is 32.8 Å². The number of rotatable bonds is 4. The first kappa shape index (κ1) is 13.0. The molecule has 1 aromatic carbocycles. The van der Waals surface area contributed by atoms with Gasteiger partial charge in [0.25, 0.3) is 0 Å². The lowest BCUT2D eigenvalue weighted by Gasteiger charge is -2.10. The lowest BCUT2D eigenvalue weighted by atomic mass is 10.1. The second kappa shape index (κ2) is 5.47. The minimum absolute atomic E-state index is 0.499. The predicted octanol–water partition coefficient (Wildman–Crippen LogP) is 2.67. The molecule has 0 aliphatic rings. The Labute approximate surface area is 119 Å². The minimum atomic E-state index is 0.499. The summed E-state index contributed by atoms with van der Waals surface area (Å²) < 4.78 is 11.7.